The molecule has 2 rings (SSSR count). The van der Waals surface area contributed by atoms with Crippen molar-refractivity contribution < 1.29 is 13.2 Å². The maximum atomic E-state index is 12.2. The molecule has 8 heteroatoms. The number of anilines is 1. The van der Waals surface area contributed by atoms with Gasteiger partial charge in [-0.15, -0.1) is 4.40 Å². The number of hydrogen-bond acceptors (Lipinski definition) is 4. The molecule has 0 aliphatic heterocycles. The number of benzene rings is 1. The number of rotatable bonds is 4. The molecule has 3 N–H and O–H groups in total. The van der Waals surface area contributed by atoms with Gasteiger partial charge >= 0.3 is 0 Å². The molecule has 1 heterocycles. The van der Waals surface area contributed by atoms with Crippen LogP contribution in [0.3, 0.4) is 0 Å². The molecule has 0 aliphatic rings. The molecule has 0 unspecified atom stereocenters. The van der Waals surface area contributed by atoms with Crippen molar-refractivity contribution in [1.29, 1.82) is 0 Å². The molecule has 0 radical (unpaired) electrons. The lowest BCUT2D eigenvalue weighted by Gasteiger charge is -2.04. The van der Waals surface area contributed by atoms with Gasteiger partial charge in [-0.05, 0) is 36.4 Å². The number of pyridine rings is 1. The molecule has 0 spiro atoms. The average Bonchev–Trinajstić information content (AvgIpc) is 2.47. The normalized spacial score (nSPS) is 12.0. The lowest BCUT2D eigenvalue weighted by Crippen LogP contribution is -2.16. The van der Waals surface area contributed by atoms with E-state index in [4.69, 9.17) is 5.73 Å². The molecule has 7 nitrogen and oxygen atoms in total. The Bertz CT molecular complexity index is 800. The number of nitrogens with zero attached hydrogens (tertiary/aromatic N) is 2. The summed E-state index contributed by atoms with van der Waals surface area (Å²) in [6.07, 6.45) is 2.99. The second kappa shape index (κ2) is 6.35. The second-order valence-electron chi connectivity index (χ2n) is 4.39. The van der Waals surface area contributed by atoms with Crippen molar-refractivity contribution in [2.45, 2.75) is 11.8 Å². The fourth-order valence-electron chi connectivity index (χ4n) is 1.67. The quantitative estimate of drug-likeness (QED) is 0.648. The summed E-state index contributed by atoms with van der Waals surface area (Å²) in [5.74, 6) is -0.358. The minimum Gasteiger partial charge on any atom is -0.383 e. The molecule has 0 saturated heterocycles. The largest absolute Gasteiger partial charge is 0.383 e. The molecule has 0 fully saturated rings. The Morgan fingerprint density at radius 3 is 2.27 bits per heavy atom. The Balaban J connectivity index is 2.29. The van der Waals surface area contributed by atoms with E-state index in [2.05, 4.69) is 14.7 Å². The number of sulfonamides is 1. The lowest BCUT2D eigenvalue weighted by molar-refractivity contribution is -0.114. The van der Waals surface area contributed by atoms with Crippen molar-refractivity contribution in [3.63, 3.8) is 0 Å². The van der Waals surface area contributed by atoms with Gasteiger partial charge in [-0.2, -0.15) is 8.42 Å². The number of carbonyl (C=O) groups is 1. The third kappa shape index (κ3) is 3.89. The van der Waals surface area contributed by atoms with E-state index in [1.807, 2.05) is 0 Å². The number of amides is 1. The number of carbonyl (C=O) groups excluding carboxylic acids is 1. The maximum absolute atomic E-state index is 12.2. The summed E-state index contributed by atoms with van der Waals surface area (Å²) in [6, 6.07) is 8.79. The van der Waals surface area contributed by atoms with Gasteiger partial charge in [0.05, 0.1) is 4.90 Å². The molecule has 114 valence electrons. The Morgan fingerprint density at radius 2 is 1.73 bits per heavy atom. The van der Waals surface area contributed by atoms with Gasteiger partial charge in [-0.1, -0.05) is 0 Å². The molecular formula is C14H14N4O3S. The van der Waals surface area contributed by atoms with Crippen molar-refractivity contribution in [3.05, 3.63) is 54.4 Å². The molecule has 22 heavy (non-hydrogen) atoms. The smallest absolute Gasteiger partial charge is 0.284 e. The highest BCUT2D eigenvalue weighted by atomic mass is 32.2. The summed E-state index contributed by atoms with van der Waals surface area (Å²) in [5.41, 5.74) is 6.66. The molecule has 0 bridgehead atoms. The molecule has 0 aliphatic carbocycles. The second-order valence-corrected chi connectivity index (χ2v) is 6.00. The van der Waals surface area contributed by atoms with E-state index in [1.54, 1.807) is 12.1 Å². The fraction of sp³-hybridized carbons (Fsp3) is 0.0714. The van der Waals surface area contributed by atoms with Gasteiger partial charge in [-0.3, -0.25) is 9.78 Å². The number of hydrogen-bond donors (Lipinski definition) is 2. The van der Waals surface area contributed by atoms with Crippen LogP contribution in [0.1, 0.15) is 12.5 Å². The zero-order chi connectivity index (χ0) is 16.2. The first-order valence-electron chi connectivity index (χ1n) is 6.27. The highest BCUT2D eigenvalue weighted by Gasteiger charge is 2.14. The highest BCUT2D eigenvalue weighted by molar-refractivity contribution is 7.90. The zero-order valence-corrected chi connectivity index (χ0v) is 12.5. The zero-order valence-electron chi connectivity index (χ0n) is 11.7. The first-order valence-corrected chi connectivity index (χ1v) is 7.71. The Kier molecular flexibility index (Phi) is 4.52. The van der Waals surface area contributed by atoms with Crippen LogP contribution in [0.25, 0.3) is 0 Å². The van der Waals surface area contributed by atoms with Gasteiger partial charge in [0.25, 0.3) is 10.0 Å². The van der Waals surface area contributed by atoms with Gasteiger partial charge < -0.3 is 11.1 Å². The summed E-state index contributed by atoms with van der Waals surface area (Å²) in [7, 11) is -3.92. The molecule has 1 aromatic carbocycles. The van der Waals surface area contributed by atoms with Crippen LogP contribution >= 0.6 is 0 Å². The van der Waals surface area contributed by atoms with Gasteiger partial charge in [0, 0.05) is 30.6 Å². The van der Waals surface area contributed by atoms with Crippen LogP contribution < -0.4 is 11.1 Å². The Labute approximate surface area is 128 Å². The van der Waals surface area contributed by atoms with Crippen LogP contribution in [0, 0.1) is 0 Å². The lowest BCUT2D eigenvalue weighted by atomic mass is 10.2. The fourth-order valence-corrected chi connectivity index (χ4v) is 2.62. The van der Waals surface area contributed by atoms with Crippen LogP contribution in [0.5, 0.6) is 0 Å². The average molecular weight is 318 g/mol. The van der Waals surface area contributed by atoms with Crippen LogP contribution in [0.15, 0.2) is 58.1 Å². The molecule has 0 atom stereocenters. The van der Waals surface area contributed by atoms with Crippen molar-refractivity contribution in [2.24, 2.45) is 10.1 Å². The minimum atomic E-state index is -3.92. The first kappa shape index (κ1) is 15.6. The van der Waals surface area contributed by atoms with Crippen LogP contribution in [0.2, 0.25) is 0 Å². The van der Waals surface area contributed by atoms with Crippen LogP contribution in [0.4, 0.5) is 5.69 Å². The predicted molar refractivity (Wildman–Crippen MR) is 82.9 cm³/mol. The van der Waals surface area contributed by atoms with E-state index < -0.39 is 10.0 Å². The third-order valence-corrected chi connectivity index (χ3v) is 3.97. The monoisotopic (exact) mass is 318 g/mol. The maximum Gasteiger partial charge on any atom is 0.284 e. The molecule has 2 aromatic rings. The SMILES string of the molecule is CC(=O)Nc1ccc(S(=O)(=O)N=C(N)c2ccncc2)cc1. The van der Waals surface area contributed by atoms with Crippen LogP contribution in [-0.4, -0.2) is 25.1 Å². The summed E-state index contributed by atoms with van der Waals surface area (Å²) < 4.78 is 27.9. The van der Waals surface area contributed by atoms with E-state index >= 15 is 0 Å². The first-order chi connectivity index (χ1) is 10.4. The van der Waals surface area contributed by atoms with E-state index in [-0.39, 0.29) is 16.6 Å². The van der Waals surface area contributed by atoms with Crippen molar-refractivity contribution in [3.8, 4) is 0 Å². The summed E-state index contributed by atoms with van der Waals surface area (Å²) in [5, 5.41) is 2.55. The highest BCUT2D eigenvalue weighted by Crippen LogP contribution is 2.16. The van der Waals surface area contributed by atoms with Crippen LogP contribution in [-0.2, 0) is 14.8 Å². The summed E-state index contributed by atoms with van der Waals surface area (Å²) in [6.45, 7) is 1.37. The number of aromatic nitrogens is 1. The van der Waals surface area contributed by atoms with Crippen molar-refractivity contribution in [1.82, 2.24) is 4.98 Å². The summed E-state index contributed by atoms with van der Waals surface area (Å²) >= 11 is 0. The van der Waals surface area contributed by atoms with E-state index in [0.29, 0.717) is 11.3 Å². The van der Waals surface area contributed by atoms with E-state index in [0.717, 1.165) is 0 Å². The molecule has 0 saturated carbocycles. The van der Waals surface area contributed by atoms with Crippen molar-refractivity contribution in [2.75, 3.05) is 5.32 Å². The number of nitrogens with one attached hydrogen (secondary N) is 1. The van der Waals surface area contributed by atoms with Gasteiger partial charge in [0.1, 0.15) is 5.84 Å². The molecule has 1 amide bonds. The van der Waals surface area contributed by atoms with E-state index in [9.17, 15) is 13.2 Å². The molecule has 1 aromatic heterocycles. The van der Waals surface area contributed by atoms with Gasteiger partial charge in [0.2, 0.25) is 5.91 Å². The van der Waals surface area contributed by atoms with Crippen molar-refractivity contribution >= 4 is 27.5 Å². The Hall–Kier alpha value is -2.74. The number of nitrogens with two attached hydrogens (primary N) is 1. The van der Waals surface area contributed by atoms with Gasteiger partial charge in [-0.25, -0.2) is 0 Å². The van der Waals surface area contributed by atoms with E-state index in [1.165, 1.54) is 43.6 Å². The standard InChI is InChI=1S/C14H14N4O3S/c1-10(19)17-12-2-4-13(5-3-12)22(20,21)18-14(15)11-6-8-16-9-7-11/h2-9H,1H3,(H2,15,18)(H,17,19). The minimum absolute atomic E-state index is 0.0152. The number of amidine groups is 1. The topological polar surface area (TPSA) is 115 Å². The Morgan fingerprint density at radius 1 is 1.14 bits per heavy atom. The summed E-state index contributed by atoms with van der Waals surface area (Å²) in [4.78, 5) is 14.7. The molecular weight excluding hydrogens is 304 g/mol. The van der Waals surface area contributed by atoms with Gasteiger partial charge in [0.15, 0.2) is 0 Å². The third-order valence-electron chi connectivity index (χ3n) is 2.67. The predicted octanol–water partition coefficient (Wildman–Crippen LogP) is 1.13.